The highest BCUT2D eigenvalue weighted by molar-refractivity contribution is 7.27. The monoisotopic (exact) mass is 575 g/mol. The molecule has 4 aromatic rings. The molecule has 42 heavy (non-hydrogen) atoms. The highest BCUT2D eigenvalue weighted by Gasteiger charge is 2.51. The molecule has 0 radical (unpaired) electrons. The minimum Gasteiger partial charge on any atom is -0.339 e. The van der Waals surface area contributed by atoms with E-state index in [9.17, 15) is 14.9 Å². The molecule has 4 heterocycles. The first-order chi connectivity index (χ1) is 20.2. The Hall–Kier alpha value is -4.48. The third-order valence-electron chi connectivity index (χ3n) is 8.57. The maximum absolute atomic E-state index is 13.8. The SMILES string of the molecule is Bc1cc(-n2nc(C(=O)N3CCC4(CC3)C(=O)NCN4c3cc(C)c(P)c(C)c3)cc2-c2cccnc2)ccc1C#N. The van der Waals surface area contributed by atoms with Crippen LogP contribution >= 0.6 is 9.24 Å². The Morgan fingerprint density at radius 1 is 1.10 bits per heavy atom. The predicted molar refractivity (Wildman–Crippen MR) is 168 cm³/mol. The van der Waals surface area contributed by atoms with E-state index in [4.69, 9.17) is 5.10 Å². The van der Waals surface area contributed by atoms with Crippen molar-refractivity contribution in [1.29, 1.82) is 5.26 Å². The number of carbonyl (C=O) groups excluding carboxylic acids is 2. The van der Waals surface area contributed by atoms with Crippen molar-refractivity contribution in [3.8, 4) is 23.0 Å². The molecule has 6 rings (SSSR count). The molecule has 1 atom stereocenters. The van der Waals surface area contributed by atoms with E-state index in [-0.39, 0.29) is 11.8 Å². The van der Waals surface area contributed by atoms with Crippen molar-refractivity contribution >= 4 is 45.4 Å². The van der Waals surface area contributed by atoms with Gasteiger partial charge in [-0.25, -0.2) is 4.68 Å². The number of nitrogens with one attached hydrogen (secondary N) is 1. The number of nitrogens with zero attached hydrogens (tertiary/aromatic N) is 6. The third kappa shape index (κ3) is 4.64. The highest BCUT2D eigenvalue weighted by atomic mass is 31.0. The number of pyridine rings is 1. The van der Waals surface area contributed by atoms with Gasteiger partial charge in [0, 0.05) is 42.3 Å². The summed E-state index contributed by atoms with van der Waals surface area (Å²) in [4.78, 5) is 35.3. The van der Waals surface area contributed by atoms with E-state index in [1.54, 1.807) is 34.1 Å². The van der Waals surface area contributed by atoms with Crippen molar-refractivity contribution in [2.24, 2.45) is 0 Å². The Labute approximate surface area is 248 Å². The van der Waals surface area contributed by atoms with Gasteiger partial charge in [-0.05, 0) is 91.7 Å². The number of anilines is 1. The van der Waals surface area contributed by atoms with Crippen LogP contribution in [0.2, 0.25) is 0 Å². The zero-order valence-electron chi connectivity index (χ0n) is 23.9. The van der Waals surface area contributed by atoms with Crippen molar-refractivity contribution in [2.75, 3.05) is 24.7 Å². The second-order valence-electron chi connectivity index (χ2n) is 11.1. The van der Waals surface area contributed by atoms with Gasteiger partial charge in [0.1, 0.15) is 13.4 Å². The van der Waals surface area contributed by atoms with E-state index in [1.165, 1.54) is 5.30 Å². The molecule has 1 spiro atoms. The van der Waals surface area contributed by atoms with Crippen LogP contribution in [0.15, 0.2) is 60.9 Å². The summed E-state index contributed by atoms with van der Waals surface area (Å²) < 4.78 is 1.73. The molecule has 0 bridgehead atoms. The molecule has 2 aliphatic heterocycles. The van der Waals surface area contributed by atoms with E-state index in [0.717, 1.165) is 39.2 Å². The van der Waals surface area contributed by atoms with Crippen LogP contribution in [0.25, 0.3) is 16.9 Å². The summed E-state index contributed by atoms with van der Waals surface area (Å²) in [5, 5.41) is 18.4. The lowest BCUT2D eigenvalue weighted by Gasteiger charge is -2.43. The molecule has 11 heteroatoms. The Morgan fingerprint density at radius 3 is 2.48 bits per heavy atom. The van der Waals surface area contributed by atoms with Crippen molar-refractivity contribution < 1.29 is 9.59 Å². The van der Waals surface area contributed by atoms with E-state index in [0.29, 0.717) is 43.9 Å². The number of aryl methyl sites for hydroxylation is 2. The van der Waals surface area contributed by atoms with Crippen LogP contribution in [0.3, 0.4) is 0 Å². The van der Waals surface area contributed by atoms with Gasteiger partial charge in [-0.3, -0.25) is 14.6 Å². The maximum Gasteiger partial charge on any atom is 0.274 e. The summed E-state index contributed by atoms with van der Waals surface area (Å²) in [7, 11) is 4.68. The lowest BCUT2D eigenvalue weighted by Crippen LogP contribution is -2.57. The van der Waals surface area contributed by atoms with Crippen LogP contribution < -0.4 is 21.0 Å². The predicted octanol–water partition coefficient (Wildman–Crippen LogP) is 1.75. The summed E-state index contributed by atoms with van der Waals surface area (Å²) in [5.74, 6) is -0.165. The second-order valence-corrected chi connectivity index (χ2v) is 11.7. The Morgan fingerprint density at radius 2 is 1.83 bits per heavy atom. The molecule has 2 aromatic carbocycles. The normalized spacial score (nSPS) is 16.0. The van der Waals surface area contributed by atoms with Gasteiger partial charge < -0.3 is 15.1 Å². The van der Waals surface area contributed by atoms with E-state index in [2.05, 4.69) is 56.5 Å². The van der Waals surface area contributed by atoms with Gasteiger partial charge in [-0.2, -0.15) is 10.4 Å². The molecule has 9 nitrogen and oxygen atoms in total. The largest absolute Gasteiger partial charge is 0.339 e. The number of likely N-dealkylation sites (tertiary alicyclic amines) is 1. The summed E-state index contributed by atoms with van der Waals surface area (Å²) in [5.41, 5.74) is 6.69. The summed E-state index contributed by atoms with van der Waals surface area (Å²) in [6, 6.07) is 17.5. The molecule has 2 fully saturated rings. The van der Waals surface area contributed by atoms with Gasteiger partial charge in [-0.1, -0.05) is 5.46 Å². The topological polar surface area (TPSA) is 107 Å². The van der Waals surface area contributed by atoms with E-state index < -0.39 is 5.54 Å². The van der Waals surface area contributed by atoms with Crippen LogP contribution in [0, 0.1) is 25.2 Å². The van der Waals surface area contributed by atoms with Crippen molar-refractivity contribution in [1.82, 2.24) is 25.0 Å². The number of hydrogen-bond acceptors (Lipinski definition) is 6. The summed E-state index contributed by atoms with van der Waals surface area (Å²) in [6.07, 6.45) is 4.49. The number of hydrogen-bond donors (Lipinski definition) is 1. The summed E-state index contributed by atoms with van der Waals surface area (Å²) in [6.45, 7) is 5.48. The zero-order chi connectivity index (χ0) is 29.6. The number of piperidine rings is 1. The smallest absolute Gasteiger partial charge is 0.274 e. The molecule has 1 unspecified atom stereocenters. The van der Waals surface area contributed by atoms with Gasteiger partial charge >= 0.3 is 0 Å². The Kier molecular flexibility index (Phi) is 7.08. The molecule has 0 saturated carbocycles. The fraction of sp³-hybridized carbons (Fsp3) is 0.258. The fourth-order valence-electron chi connectivity index (χ4n) is 6.08. The molecule has 210 valence electrons. The molecule has 2 aromatic heterocycles. The van der Waals surface area contributed by atoms with Crippen LogP contribution in [-0.2, 0) is 4.79 Å². The average molecular weight is 575 g/mol. The molecule has 1 N–H and O–H groups in total. The third-order valence-corrected chi connectivity index (χ3v) is 9.48. The fourth-order valence-corrected chi connectivity index (χ4v) is 6.25. The molecular formula is C31H31BN7O2P. The Balaban J connectivity index is 1.29. The molecular weight excluding hydrogens is 544 g/mol. The van der Waals surface area contributed by atoms with Crippen molar-refractivity contribution in [3.05, 3.63) is 83.3 Å². The first-order valence-electron chi connectivity index (χ1n) is 14.0. The molecule has 2 amide bonds. The lowest BCUT2D eigenvalue weighted by molar-refractivity contribution is -0.124. The zero-order valence-corrected chi connectivity index (χ0v) is 25.0. The van der Waals surface area contributed by atoms with E-state index >= 15 is 0 Å². The molecule has 0 aliphatic carbocycles. The van der Waals surface area contributed by atoms with Crippen LogP contribution in [0.5, 0.6) is 0 Å². The highest BCUT2D eigenvalue weighted by Crippen LogP contribution is 2.37. The van der Waals surface area contributed by atoms with Gasteiger partial charge in [0.2, 0.25) is 5.91 Å². The van der Waals surface area contributed by atoms with Crippen molar-refractivity contribution in [3.63, 3.8) is 0 Å². The number of rotatable bonds is 4. The minimum absolute atomic E-state index is 0.0131. The van der Waals surface area contributed by atoms with Gasteiger partial charge in [0.25, 0.3) is 5.91 Å². The van der Waals surface area contributed by atoms with Gasteiger partial charge in [-0.15, -0.1) is 9.24 Å². The number of nitriles is 1. The standard InChI is InChI=1S/C31H31BN7O2P/c1-19-12-24(13-20(2)28(19)42)38-18-35-30(41)31(38)7-10-37(11-8-31)29(40)26-15-27(22-4-3-9-34-17-22)39(36-26)23-6-5-21(16-33)25(32)14-23/h3-6,9,12-15,17H,7-8,10-11,18,32,42H2,1-2H3,(H,35,41). The van der Waals surface area contributed by atoms with E-state index in [1.807, 2.05) is 32.1 Å². The number of benzene rings is 2. The quantitative estimate of drug-likeness (QED) is 0.294. The van der Waals surface area contributed by atoms with Crippen LogP contribution in [0.4, 0.5) is 5.69 Å². The van der Waals surface area contributed by atoms with Gasteiger partial charge in [0.05, 0.1) is 24.1 Å². The lowest BCUT2D eigenvalue weighted by atomic mass is 9.85. The number of aromatic nitrogens is 3. The minimum atomic E-state index is -0.696. The second kappa shape index (κ2) is 10.7. The first-order valence-corrected chi connectivity index (χ1v) is 14.5. The number of carbonyl (C=O) groups is 2. The average Bonchev–Trinajstić information content (AvgIpc) is 3.58. The summed E-state index contributed by atoms with van der Waals surface area (Å²) >= 11 is 0. The maximum atomic E-state index is 13.8. The van der Waals surface area contributed by atoms with Crippen molar-refractivity contribution in [2.45, 2.75) is 32.2 Å². The molecule has 2 saturated heterocycles. The van der Waals surface area contributed by atoms with Gasteiger partial charge in [0.15, 0.2) is 5.69 Å². The number of amides is 2. The Bertz CT molecular complexity index is 1730. The molecule has 2 aliphatic rings. The van der Waals surface area contributed by atoms with Crippen LogP contribution in [0.1, 0.15) is 40.0 Å². The first kappa shape index (κ1) is 27.7. The van der Waals surface area contributed by atoms with Crippen LogP contribution in [-0.4, -0.2) is 64.6 Å².